The highest BCUT2D eigenvalue weighted by Crippen LogP contribution is 2.38. The molecule has 0 aliphatic heterocycles. The lowest BCUT2D eigenvalue weighted by molar-refractivity contribution is -0.154. The molecule has 1 aromatic rings. The minimum Gasteiger partial charge on any atom is -0.468 e. The van der Waals surface area contributed by atoms with Crippen molar-refractivity contribution in [2.45, 2.75) is 45.3 Å². The zero-order valence-electron chi connectivity index (χ0n) is 17.7. The molecule has 1 fully saturated rings. The van der Waals surface area contributed by atoms with E-state index in [1.54, 1.807) is 25.1 Å². The standard InChI is InChI=1S/C20H30F3N5O2/c1-4-24-18(27-13-19(9-5-6-10-19)17(29)28(2)3)26-12-15-7-8-16(25-11-15)30-14-20(21,22)23/h7-8,11H,4-6,9-10,12-14H2,1-3H3,(H2,24,26,27). The van der Waals surface area contributed by atoms with Gasteiger partial charge in [-0.3, -0.25) is 4.79 Å². The fraction of sp³-hybridized carbons (Fsp3) is 0.650. The largest absolute Gasteiger partial charge is 0.468 e. The molecule has 1 aliphatic rings. The van der Waals surface area contributed by atoms with Crippen LogP contribution in [0.15, 0.2) is 23.3 Å². The summed E-state index contributed by atoms with van der Waals surface area (Å²) in [6.07, 6.45) is 0.792. The Labute approximate surface area is 175 Å². The van der Waals surface area contributed by atoms with Crippen LogP contribution in [-0.4, -0.2) is 61.7 Å². The minimum atomic E-state index is -4.40. The molecule has 0 aromatic carbocycles. The van der Waals surface area contributed by atoms with E-state index >= 15 is 0 Å². The summed E-state index contributed by atoms with van der Waals surface area (Å²) in [4.78, 5) is 22.7. The van der Waals surface area contributed by atoms with E-state index < -0.39 is 18.2 Å². The van der Waals surface area contributed by atoms with Crippen LogP contribution in [0.2, 0.25) is 0 Å². The fourth-order valence-electron chi connectivity index (χ4n) is 3.50. The maximum Gasteiger partial charge on any atom is 0.422 e. The number of hydrogen-bond donors (Lipinski definition) is 2. The zero-order chi connectivity index (χ0) is 22.2. The number of alkyl halides is 3. The second-order valence-corrected chi connectivity index (χ2v) is 7.64. The van der Waals surface area contributed by atoms with E-state index in [0.717, 1.165) is 31.2 Å². The molecule has 1 heterocycles. The Morgan fingerprint density at radius 3 is 2.50 bits per heavy atom. The van der Waals surface area contributed by atoms with Gasteiger partial charge in [-0.25, -0.2) is 9.98 Å². The first-order valence-electron chi connectivity index (χ1n) is 10.0. The number of halogens is 3. The zero-order valence-corrected chi connectivity index (χ0v) is 17.7. The molecule has 1 aliphatic carbocycles. The van der Waals surface area contributed by atoms with Crippen molar-refractivity contribution >= 4 is 11.9 Å². The molecule has 7 nitrogen and oxygen atoms in total. The third-order valence-electron chi connectivity index (χ3n) is 4.96. The molecule has 0 atom stereocenters. The topological polar surface area (TPSA) is 78.9 Å². The van der Waals surface area contributed by atoms with Gasteiger partial charge in [0.05, 0.1) is 12.0 Å². The maximum absolute atomic E-state index is 12.7. The predicted molar refractivity (Wildman–Crippen MR) is 108 cm³/mol. The summed E-state index contributed by atoms with van der Waals surface area (Å²) in [6.45, 7) is 2.01. The molecule has 1 saturated carbocycles. The number of aliphatic imine (C=N–C) groups is 1. The molecule has 0 saturated heterocycles. The normalized spacial score (nSPS) is 16.3. The van der Waals surface area contributed by atoms with Crippen LogP contribution in [0.1, 0.15) is 38.2 Å². The van der Waals surface area contributed by atoms with Crippen LogP contribution in [0, 0.1) is 5.41 Å². The van der Waals surface area contributed by atoms with Crippen LogP contribution in [-0.2, 0) is 11.3 Å². The third kappa shape index (κ3) is 7.07. The van der Waals surface area contributed by atoms with Gasteiger partial charge in [-0.2, -0.15) is 13.2 Å². The summed E-state index contributed by atoms with van der Waals surface area (Å²) in [5.74, 6) is 0.616. The monoisotopic (exact) mass is 429 g/mol. The summed E-state index contributed by atoms with van der Waals surface area (Å²) >= 11 is 0. The van der Waals surface area contributed by atoms with Crippen LogP contribution >= 0.6 is 0 Å². The first-order chi connectivity index (χ1) is 14.1. The highest BCUT2D eigenvalue weighted by atomic mass is 19.4. The van der Waals surface area contributed by atoms with Crippen LogP contribution < -0.4 is 15.4 Å². The highest BCUT2D eigenvalue weighted by Gasteiger charge is 2.42. The number of pyridine rings is 1. The van der Waals surface area contributed by atoms with Gasteiger partial charge in [0.25, 0.3) is 0 Å². The molecular weight excluding hydrogens is 399 g/mol. The lowest BCUT2D eigenvalue weighted by Crippen LogP contribution is -2.49. The van der Waals surface area contributed by atoms with Gasteiger partial charge < -0.3 is 20.3 Å². The summed E-state index contributed by atoms with van der Waals surface area (Å²) in [5, 5.41) is 6.43. The van der Waals surface area contributed by atoms with Crippen LogP contribution in [0.5, 0.6) is 5.88 Å². The van der Waals surface area contributed by atoms with Gasteiger partial charge in [0, 0.05) is 39.4 Å². The molecule has 0 unspecified atom stereocenters. The lowest BCUT2D eigenvalue weighted by Gasteiger charge is -2.31. The molecule has 0 spiro atoms. The minimum absolute atomic E-state index is 0.0875. The molecule has 10 heteroatoms. The SMILES string of the molecule is CCNC(=NCc1ccc(OCC(F)(F)F)nc1)NCC1(C(=O)N(C)C)CCCC1. The number of amides is 1. The van der Waals surface area contributed by atoms with E-state index in [4.69, 9.17) is 0 Å². The van der Waals surface area contributed by atoms with Gasteiger partial charge in [0.2, 0.25) is 11.8 Å². The van der Waals surface area contributed by atoms with Crippen molar-refractivity contribution in [1.82, 2.24) is 20.5 Å². The second-order valence-electron chi connectivity index (χ2n) is 7.64. The highest BCUT2D eigenvalue weighted by molar-refractivity contribution is 5.85. The van der Waals surface area contributed by atoms with Crippen LogP contribution in [0.25, 0.3) is 0 Å². The average Bonchev–Trinajstić information content (AvgIpc) is 3.18. The molecule has 2 N–H and O–H groups in total. The average molecular weight is 429 g/mol. The summed E-state index contributed by atoms with van der Waals surface area (Å²) in [7, 11) is 3.55. The van der Waals surface area contributed by atoms with Crippen molar-refractivity contribution < 1.29 is 22.7 Å². The maximum atomic E-state index is 12.7. The first-order valence-corrected chi connectivity index (χ1v) is 10.0. The summed E-state index contributed by atoms with van der Waals surface area (Å²) < 4.78 is 41.2. The summed E-state index contributed by atoms with van der Waals surface area (Å²) in [5.41, 5.74) is 0.310. The van der Waals surface area contributed by atoms with Gasteiger partial charge in [-0.1, -0.05) is 18.9 Å². The smallest absolute Gasteiger partial charge is 0.422 e. The van der Waals surface area contributed by atoms with Gasteiger partial charge >= 0.3 is 6.18 Å². The Balaban J connectivity index is 1.97. The third-order valence-corrected chi connectivity index (χ3v) is 4.96. The molecule has 1 aromatic heterocycles. The van der Waals surface area contributed by atoms with E-state index in [0.29, 0.717) is 19.0 Å². The van der Waals surface area contributed by atoms with Crippen molar-refractivity contribution in [3.63, 3.8) is 0 Å². The predicted octanol–water partition coefficient (Wildman–Crippen LogP) is 2.73. The molecule has 2 rings (SSSR count). The van der Waals surface area contributed by atoms with Gasteiger partial charge in [-0.05, 0) is 25.3 Å². The van der Waals surface area contributed by atoms with E-state index in [1.807, 2.05) is 6.92 Å². The van der Waals surface area contributed by atoms with Gasteiger partial charge in [-0.15, -0.1) is 0 Å². The lowest BCUT2D eigenvalue weighted by atomic mass is 9.84. The summed E-state index contributed by atoms with van der Waals surface area (Å²) in [6, 6.07) is 3.01. The second kappa shape index (κ2) is 10.5. The fourth-order valence-corrected chi connectivity index (χ4v) is 3.50. The molecule has 30 heavy (non-hydrogen) atoms. The van der Waals surface area contributed by atoms with Crippen molar-refractivity contribution in [2.24, 2.45) is 10.4 Å². The molecule has 0 radical (unpaired) electrons. The van der Waals surface area contributed by atoms with Crippen molar-refractivity contribution in [3.05, 3.63) is 23.9 Å². The van der Waals surface area contributed by atoms with Crippen molar-refractivity contribution in [3.8, 4) is 5.88 Å². The number of aromatic nitrogens is 1. The number of rotatable bonds is 8. The Bertz CT molecular complexity index is 714. The molecule has 168 valence electrons. The number of hydrogen-bond acceptors (Lipinski definition) is 4. The van der Waals surface area contributed by atoms with Gasteiger partial charge in [0.1, 0.15) is 0 Å². The quantitative estimate of drug-likeness (QED) is 0.491. The van der Waals surface area contributed by atoms with E-state index in [1.165, 1.54) is 12.3 Å². The Morgan fingerprint density at radius 1 is 1.27 bits per heavy atom. The van der Waals surface area contributed by atoms with E-state index in [9.17, 15) is 18.0 Å². The van der Waals surface area contributed by atoms with E-state index in [-0.39, 0.29) is 18.3 Å². The Kier molecular flexibility index (Phi) is 8.31. The first kappa shape index (κ1) is 23.8. The van der Waals surface area contributed by atoms with Crippen LogP contribution in [0.4, 0.5) is 13.2 Å². The number of nitrogens with zero attached hydrogens (tertiary/aromatic N) is 3. The molecule has 0 bridgehead atoms. The van der Waals surface area contributed by atoms with E-state index in [2.05, 4.69) is 25.3 Å². The van der Waals surface area contributed by atoms with Gasteiger partial charge in [0.15, 0.2) is 12.6 Å². The number of carbonyl (C=O) groups is 1. The van der Waals surface area contributed by atoms with Crippen molar-refractivity contribution in [2.75, 3.05) is 33.8 Å². The number of ether oxygens (including phenoxy) is 1. The number of nitrogens with one attached hydrogen (secondary N) is 2. The Morgan fingerprint density at radius 2 is 1.97 bits per heavy atom. The van der Waals surface area contributed by atoms with Crippen molar-refractivity contribution in [1.29, 1.82) is 0 Å². The molecule has 1 amide bonds. The number of guanidine groups is 1. The number of carbonyl (C=O) groups excluding carboxylic acids is 1. The van der Waals surface area contributed by atoms with Crippen LogP contribution in [0.3, 0.4) is 0 Å². The molecular formula is C20H30F3N5O2. The Hall–Kier alpha value is -2.52.